The highest BCUT2D eigenvalue weighted by Crippen LogP contribution is 2.24. The van der Waals surface area contributed by atoms with Crippen molar-refractivity contribution in [2.45, 2.75) is 39.7 Å². The molecular weight excluding hydrogens is 304 g/mol. The summed E-state index contributed by atoms with van der Waals surface area (Å²) < 4.78 is 5.36. The number of likely N-dealkylation sites (tertiary alicyclic amines) is 1. The maximum atomic E-state index is 11.9. The van der Waals surface area contributed by atoms with Crippen LogP contribution in [0.3, 0.4) is 0 Å². The fraction of sp³-hybridized carbons (Fsp3) is 0.474. The van der Waals surface area contributed by atoms with Crippen LogP contribution in [0, 0.1) is 19.8 Å². The first-order chi connectivity index (χ1) is 11.4. The number of fused-ring (bicyclic) bond motifs is 1. The van der Waals surface area contributed by atoms with Crippen LogP contribution in [0.5, 0.6) is 0 Å². The molecule has 0 bridgehead atoms. The fourth-order valence-electron chi connectivity index (χ4n) is 3.45. The monoisotopic (exact) mass is 328 g/mol. The number of nitrogens with zero attached hydrogens (tertiary/aromatic N) is 1. The standard InChI is InChI=1S/C19H24N2O3/c1-12-7-16-15(9-18(22)24-17(16)8-13(12)2)11-21-6-4-3-5-14(10-21)19(20)23/h7-9,14H,3-6,10-11H2,1-2H3,(H2,20,23). The van der Waals surface area contributed by atoms with Crippen LogP contribution in [0.2, 0.25) is 0 Å². The molecule has 0 saturated carbocycles. The number of aryl methyl sites for hydroxylation is 2. The Morgan fingerprint density at radius 1 is 1.25 bits per heavy atom. The number of hydrogen-bond acceptors (Lipinski definition) is 4. The Balaban J connectivity index is 1.95. The van der Waals surface area contributed by atoms with Gasteiger partial charge in [-0.25, -0.2) is 4.79 Å². The molecule has 1 fully saturated rings. The third-order valence-corrected chi connectivity index (χ3v) is 5.00. The lowest BCUT2D eigenvalue weighted by molar-refractivity contribution is -0.122. The molecule has 1 saturated heterocycles. The molecule has 1 amide bonds. The van der Waals surface area contributed by atoms with Gasteiger partial charge in [-0.1, -0.05) is 6.42 Å². The predicted octanol–water partition coefficient (Wildman–Crippen LogP) is 2.50. The van der Waals surface area contributed by atoms with Gasteiger partial charge >= 0.3 is 5.63 Å². The molecule has 5 nitrogen and oxygen atoms in total. The highest BCUT2D eigenvalue weighted by molar-refractivity contribution is 5.82. The highest BCUT2D eigenvalue weighted by Gasteiger charge is 2.23. The van der Waals surface area contributed by atoms with Crippen LogP contribution in [-0.4, -0.2) is 23.9 Å². The molecule has 0 radical (unpaired) electrons. The first kappa shape index (κ1) is 16.7. The number of carbonyl (C=O) groups excluding carboxylic acids is 1. The average molecular weight is 328 g/mol. The summed E-state index contributed by atoms with van der Waals surface area (Å²) in [6.07, 6.45) is 2.91. The van der Waals surface area contributed by atoms with Crippen molar-refractivity contribution in [3.05, 3.63) is 45.3 Å². The quantitative estimate of drug-likeness (QED) is 0.878. The summed E-state index contributed by atoms with van der Waals surface area (Å²) in [4.78, 5) is 25.7. The summed E-state index contributed by atoms with van der Waals surface area (Å²) in [5.74, 6) is -0.339. The molecule has 5 heteroatoms. The number of rotatable bonds is 3. The van der Waals surface area contributed by atoms with Crippen molar-refractivity contribution < 1.29 is 9.21 Å². The summed E-state index contributed by atoms with van der Waals surface area (Å²) in [5, 5.41) is 0.970. The predicted molar refractivity (Wildman–Crippen MR) is 93.8 cm³/mol. The average Bonchev–Trinajstić information content (AvgIpc) is 2.75. The number of nitrogens with two attached hydrogens (primary N) is 1. The Bertz CT molecular complexity index is 825. The van der Waals surface area contributed by atoms with Crippen LogP contribution in [0.15, 0.2) is 27.4 Å². The van der Waals surface area contributed by atoms with Crippen LogP contribution in [0.25, 0.3) is 11.0 Å². The van der Waals surface area contributed by atoms with Gasteiger partial charge in [0.15, 0.2) is 0 Å². The zero-order chi connectivity index (χ0) is 17.3. The van der Waals surface area contributed by atoms with Gasteiger partial charge in [0, 0.05) is 24.5 Å². The number of amides is 1. The molecule has 0 spiro atoms. The Hall–Kier alpha value is -2.14. The van der Waals surface area contributed by atoms with E-state index in [0.717, 1.165) is 42.3 Å². The summed E-state index contributed by atoms with van der Waals surface area (Å²) in [7, 11) is 0. The van der Waals surface area contributed by atoms with Crippen LogP contribution >= 0.6 is 0 Å². The molecule has 1 aromatic heterocycles. The molecule has 2 aromatic rings. The Morgan fingerprint density at radius 2 is 2.00 bits per heavy atom. The number of carbonyl (C=O) groups is 1. The molecule has 1 aromatic carbocycles. The van der Waals surface area contributed by atoms with E-state index in [-0.39, 0.29) is 17.5 Å². The lowest BCUT2D eigenvalue weighted by Gasteiger charge is -2.23. The normalized spacial score (nSPS) is 19.3. The van der Waals surface area contributed by atoms with E-state index < -0.39 is 0 Å². The van der Waals surface area contributed by atoms with Crippen LogP contribution in [0.1, 0.15) is 36.0 Å². The minimum absolute atomic E-state index is 0.108. The number of primary amides is 1. The first-order valence-electron chi connectivity index (χ1n) is 8.49. The molecule has 128 valence electrons. The third kappa shape index (κ3) is 3.51. The highest BCUT2D eigenvalue weighted by atomic mass is 16.4. The molecule has 24 heavy (non-hydrogen) atoms. The molecule has 1 aliphatic heterocycles. The van der Waals surface area contributed by atoms with Gasteiger partial charge in [0.05, 0.1) is 5.92 Å². The van der Waals surface area contributed by atoms with Gasteiger partial charge in [-0.15, -0.1) is 0 Å². The van der Waals surface area contributed by atoms with Gasteiger partial charge in [0.2, 0.25) is 5.91 Å². The summed E-state index contributed by atoms with van der Waals surface area (Å²) >= 11 is 0. The topological polar surface area (TPSA) is 76.5 Å². The van der Waals surface area contributed by atoms with Crippen molar-refractivity contribution in [1.29, 1.82) is 0 Å². The van der Waals surface area contributed by atoms with Gasteiger partial charge in [0.1, 0.15) is 5.58 Å². The lowest BCUT2D eigenvalue weighted by Crippen LogP contribution is -2.34. The molecular formula is C19H24N2O3. The SMILES string of the molecule is Cc1cc2oc(=O)cc(CN3CCCCC(C(N)=O)C3)c2cc1C. The van der Waals surface area contributed by atoms with E-state index in [1.165, 1.54) is 5.56 Å². The lowest BCUT2D eigenvalue weighted by atomic mass is 10.0. The minimum atomic E-state index is -0.331. The van der Waals surface area contributed by atoms with E-state index in [2.05, 4.69) is 17.9 Å². The Kier molecular flexibility index (Phi) is 4.71. The van der Waals surface area contributed by atoms with Crippen LogP contribution in [-0.2, 0) is 11.3 Å². The molecule has 0 aliphatic carbocycles. The molecule has 3 rings (SSSR count). The van der Waals surface area contributed by atoms with Gasteiger partial charge in [0.25, 0.3) is 0 Å². The van der Waals surface area contributed by atoms with Crippen molar-refractivity contribution in [2.24, 2.45) is 11.7 Å². The van der Waals surface area contributed by atoms with Gasteiger partial charge in [-0.05, 0) is 62.1 Å². The Labute approximate surface area is 141 Å². The van der Waals surface area contributed by atoms with Gasteiger partial charge in [-0.2, -0.15) is 0 Å². The number of benzene rings is 1. The van der Waals surface area contributed by atoms with Crippen molar-refractivity contribution >= 4 is 16.9 Å². The van der Waals surface area contributed by atoms with E-state index >= 15 is 0 Å². The Morgan fingerprint density at radius 3 is 2.75 bits per heavy atom. The zero-order valence-electron chi connectivity index (χ0n) is 14.3. The first-order valence-corrected chi connectivity index (χ1v) is 8.49. The van der Waals surface area contributed by atoms with Crippen molar-refractivity contribution in [3.8, 4) is 0 Å². The van der Waals surface area contributed by atoms with Gasteiger partial charge in [-0.3, -0.25) is 9.69 Å². The van der Waals surface area contributed by atoms with E-state index in [9.17, 15) is 9.59 Å². The van der Waals surface area contributed by atoms with E-state index in [4.69, 9.17) is 10.2 Å². The largest absolute Gasteiger partial charge is 0.423 e. The molecule has 1 aliphatic rings. The van der Waals surface area contributed by atoms with Gasteiger partial charge < -0.3 is 10.2 Å². The maximum Gasteiger partial charge on any atom is 0.336 e. The summed E-state index contributed by atoms with van der Waals surface area (Å²) in [6.45, 7) is 6.26. The van der Waals surface area contributed by atoms with Crippen molar-refractivity contribution in [2.75, 3.05) is 13.1 Å². The third-order valence-electron chi connectivity index (χ3n) is 5.00. The summed E-state index contributed by atoms with van der Waals surface area (Å²) in [5.41, 5.74) is 9.03. The van der Waals surface area contributed by atoms with E-state index in [1.54, 1.807) is 6.07 Å². The smallest absolute Gasteiger partial charge is 0.336 e. The second-order valence-corrected chi connectivity index (χ2v) is 6.85. The molecule has 1 unspecified atom stereocenters. The van der Waals surface area contributed by atoms with Crippen LogP contribution in [0.4, 0.5) is 0 Å². The van der Waals surface area contributed by atoms with E-state index in [0.29, 0.717) is 18.7 Å². The second kappa shape index (κ2) is 6.77. The van der Waals surface area contributed by atoms with Crippen LogP contribution < -0.4 is 11.4 Å². The minimum Gasteiger partial charge on any atom is -0.423 e. The molecule has 1 atom stereocenters. The second-order valence-electron chi connectivity index (χ2n) is 6.85. The summed E-state index contributed by atoms with van der Waals surface area (Å²) in [6, 6.07) is 5.57. The van der Waals surface area contributed by atoms with E-state index in [1.807, 2.05) is 13.0 Å². The van der Waals surface area contributed by atoms with Crippen molar-refractivity contribution in [3.63, 3.8) is 0 Å². The zero-order valence-corrected chi connectivity index (χ0v) is 14.3. The fourth-order valence-corrected chi connectivity index (χ4v) is 3.45. The maximum absolute atomic E-state index is 11.9. The van der Waals surface area contributed by atoms with Crippen molar-refractivity contribution in [1.82, 2.24) is 4.90 Å². The number of hydrogen-bond donors (Lipinski definition) is 1. The molecule has 2 heterocycles. The molecule has 2 N–H and O–H groups in total.